The monoisotopic (exact) mass is 665 g/mol. The molecule has 3 aromatic rings. The van der Waals surface area contributed by atoms with E-state index in [-0.39, 0.29) is 36.4 Å². The average molecular weight is 666 g/mol. The molecule has 0 aliphatic carbocycles. The number of nitrogens with one attached hydrogen (secondary N) is 1. The minimum absolute atomic E-state index is 0.189. The molecule has 1 aliphatic heterocycles. The van der Waals surface area contributed by atoms with Gasteiger partial charge in [-0.15, -0.1) is 0 Å². The Kier molecular flexibility index (Phi) is 14.8. The van der Waals surface area contributed by atoms with Gasteiger partial charge in [0.15, 0.2) is 0 Å². The number of carbonyl (C=O) groups excluding carboxylic acids is 3. The molecule has 2 aromatic carbocycles. The molecule has 48 heavy (non-hydrogen) atoms. The van der Waals surface area contributed by atoms with E-state index in [0.717, 1.165) is 74.8 Å². The molecule has 1 aromatic heterocycles. The molecule has 3 amide bonds. The first-order chi connectivity index (χ1) is 23.2. The fourth-order valence-corrected chi connectivity index (χ4v) is 6.02. The number of carbonyl (C=O) groups is 3. The summed E-state index contributed by atoms with van der Waals surface area (Å²) < 4.78 is 20.5. The van der Waals surface area contributed by atoms with Crippen LogP contribution in [0.1, 0.15) is 80.5 Å². The van der Waals surface area contributed by atoms with Gasteiger partial charge in [0.25, 0.3) is 0 Å². The lowest BCUT2D eigenvalue weighted by molar-refractivity contribution is -0.135. The summed E-state index contributed by atoms with van der Waals surface area (Å²) in [6.45, 7) is 3.71. The van der Waals surface area contributed by atoms with Crippen molar-refractivity contribution in [2.24, 2.45) is 18.5 Å². The van der Waals surface area contributed by atoms with Gasteiger partial charge in [0, 0.05) is 52.4 Å². The highest BCUT2D eigenvalue weighted by atomic mass is 16.5. The number of amides is 3. The summed E-state index contributed by atoms with van der Waals surface area (Å²) in [5.74, 6) is -1.07. The van der Waals surface area contributed by atoms with Crippen LogP contribution in [0, 0.1) is 0 Å². The van der Waals surface area contributed by atoms with Crippen molar-refractivity contribution in [3.8, 4) is 0 Å². The lowest BCUT2D eigenvalue weighted by Gasteiger charge is -2.21. The average Bonchev–Trinajstić information content (AvgIpc) is 3.32. The second kappa shape index (κ2) is 19.2. The molecule has 0 bridgehead atoms. The molecule has 0 spiro atoms. The first-order valence-electron chi connectivity index (χ1n) is 17.1. The Labute approximate surface area is 282 Å². The lowest BCUT2D eigenvalue weighted by atomic mass is 10.0. The van der Waals surface area contributed by atoms with Gasteiger partial charge in [-0.05, 0) is 80.5 Å². The van der Waals surface area contributed by atoms with Gasteiger partial charge in [-0.2, -0.15) is 0 Å². The number of aromatic nitrogens is 2. The molecule has 262 valence electrons. The second-order valence-electron chi connectivity index (χ2n) is 12.6. The van der Waals surface area contributed by atoms with Gasteiger partial charge in [0.2, 0.25) is 17.7 Å². The first kappa shape index (κ1) is 37.0. The Morgan fingerprint density at radius 1 is 0.896 bits per heavy atom. The normalized spacial score (nSPS) is 15.6. The van der Waals surface area contributed by atoms with Crippen LogP contribution in [-0.4, -0.2) is 65.9 Å². The zero-order valence-electron chi connectivity index (χ0n) is 28.1. The number of nitrogens with two attached hydrogens (primary N) is 2. The minimum atomic E-state index is -0.682. The van der Waals surface area contributed by atoms with Crippen molar-refractivity contribution in [3.63, 3.8) is 0 Å². The van der Waals surface area contributed by atoms with Crippen LogP contribution in [-0.2, 0) is 55.1 Å². The van der Waals surface area contributed by atoms with Crippen LogP contribution >= 0.6 is 0 Å². The molecule has 1 fully saturated rings. The molecule has 4 rings (SSSR count). The van der Waals surface area contributed by atoms with Crippen LogP contribution in [0.5, 0.6) is 0 Å². The standard InChI is InChI=1S/C36H51N5O7/c1-40-34-28(9-5-11-30(34)41(36(40)45)31-17-19-33(43)39-35(31)44)10-7-23-47-21-4-2-3-20-46-22-6-8-26-12-14-27(15-13-26)24-48-25-29(37)16-18-32(38)42/h5,9,11-15,29,31H,2-4,6-8,10,16-25,37H2,1H3,(H2,38,42)(H,39,43,44)/t29-,31?/m0/s1. The number of piperidine rings is 1. The largest absolute Gasteiger partial charge is 0.381 e. The molecule has 1 saturated heterocycles. The Hall–Kier alpha value is -3.84. The van der Waals surface area contributed by atoms with Crippen LogP contribution in [0.25, 0.3) is 11.0 Å². The summed E-state index contributed by atoms with van der Waals surface area (Å²) in [7, 11) is 1.73. The number of imidazole rings is 1. The fraction of sp³-hybridized carbons (Fsp3) is 0.556. The molecule has 12 heteroatoms. The SMILES string of the molecule is Cn1c(=O)n(C2CCC(=O)NC2=O)c2cccc(CCCOCCCCCOCCCc3ccc(COC[C@@H](N)CCC(N)=O)cc3)c21. The van der Waals surface area contributed by atoms with E-state index < -0.39 is 11.9 Å². The molecule has 12 nitrogen and oxygen atoms in total. The number of para-hydroxylation sites is 1. The van der Waals surface area contributed by atoms with E-state index in [9.17, 15) is 19.2 Å². The number of fused-ring (bicyclic) bond motifs is 1. The third kappa shape index (κ3) is 11.1. The molecule has 2 heterocycles. The number of nitrogens with zero attached hydrogens (tertiary/aromatic N) is 2. The molecule has 5 N–H and O–H groups in total. The van der Waals surface area contributed by atoms with Gasteiger partial charge < -0.3 is 25.7 Å². The van der Waals surface area contributed by atoms with Crippen LogP contribution in [0.15, 0.2) is 47.3 Å². The fourth-order valence-electron chi connectivity index (χ4n) is 6.02. The van der Waals surface area contributed by atoms with Crippen molar-refractivity contribution in [2.45, 2.75) is 89.3 Å². The predicted molar refractivity (Wildman–Crippen MR) is 183 cm³/mol. The summed E-state index contributed by atoms with van der Waals surface area (Å²) in [6.07, 6.45) is 7.90. The summed E-state index contributed by atoms with van der Waals surface area (Å²) in [5.41, 5.74) is 15.8. The quantitative estimate of drug-likeness (QED) is 0.109. The summed E-state index contributed by atoms with van der Waals surface area (Å²) in [4.78, 5) is 48.0. The number of benzene rings is 2. The van der Waals surface area contributed by atoms with Gasteiger partial charge in [-0.25, -0.2) is 4.79 Å². The van der Waals surface area contributed by atoms with E-state index in [2.05, 4.69) is 29.6 Å². The van der Waals surface area contributed by atoms with Crippen LogP contribution < -0.4 is 22.5 Å². The molecule has 0 saturated carbocycles. The maximum absolute atomic E-state index is 13.1. The third-order valence-corrected chi connectivity index (χ3v) is 8.66. The number of hydrogen-bond donors (Lipinski definition) is 3. The number of unbranched alkanes of at least 4 members (excludes halogenated alkanes) is 2. The van der Waals surface area contributed by atoms with Crippen LogP contribution in [0.4, 0.5) is 0 Å². The van der Waals surface area contributed by atoms with E-state index >= 15 is 0 Å². The van der Waals surface area contributed by atoms with Gasteiger partial charge in [-0.3, -0.25) is 28.8 Å². The Balaban J connectivity index is 1.02. The zero-order valence-corrected chi connectivity index (χ0v) is 28.1. The Morgan fingerprint density at radius 2 is 1.56 bits per heavy atom. The van der Waals surface area contributed by atoms with Gasteiger partial charge in [-0.1, -0.05) is 36.4 Å². The van der Waals surface area contributed by atoms with E-state index in [1.807, 2.05) is 18.2 Å². The zero-order chi connectivity index (χ0) is 34.3. The predicted octanol–water partition coefficient (Wildman–Crippen LogP) is 3.20. The van der Waals surface area contributed by atoms with Gasteiger partial charge >= 0.3 is 5.69 Å². The smallest absolute Gasteiger partial charge is 0.329 e. The molecule has 1 aliphatic rings. The van der Waals surface area contributed by atoms with Gasteiger partial charge in [0.05, 0.1) is 24.2 Å². The van der Waals surface area contributed by atoms with Gasteiger partial charge in [0.1, 0.15) is 6.04 Å². The maximum atomic E-state index is 13.1. The number of rotatable bonds is 22. The van der Waals surface area contributed by atoms with Crippen molar-refractivity contribution in [2.75, 3.05) is 33.0 Å². The molecule has 1 unspecified atom stereocenters. The van der Waals surface area contributed by atoms with Crippen molar-refractivity contribution < 1.29 is 28.6 Å². The number of aryl methyl sites for hydroxylation is 3. The molecule has 0 radical (unpaired) electrons. The Morgan fingerprint density at radius 3 is 2.25 bits per heavy atom. The maximum Gasteiger partial charge on any atom is 0.329 e. The Bertz CT molecular complexity index is 1550. The number of hydrogen-bond acceptors (Lipinski definition) is 8. The summed E-state index contributed by atoms with van der Waals surface area (Å²) >= 11 is 0. The van der Waals surface area contributed by atoms with E-state index in [1.54, 1.807) is 11.6 Å². The number of ether oxygens (including phenoxy) is 3. The number of primary amides is 1. The van der Waals surface area contributed by atoms with E-state index in [1.165, 1.54) is 10.1 Å². The van der Waals surface area contributed by atoms with Crippen molar-refractivity contribution >= 4 is 28.8 Å². The third-order valence-electron chi connectivity index (χ3n) is 8.66. The lowest BCUT2D eigenvalue weighted by Crippen LogP contribution is -2.44. The summed E-state index contributed by atoms with van der Waals surface area (Å²) in [5, 5.41) is 2.36. The van der Waals surface area contributed by atoms with E-state index in [0.29, 0.717) is 44.8 Å². The highest BCUT2D eigenvalue weighted by molar-refractivity contribution is 6.00. The minimum Gasteiger partial charge on any atom is -0.381 e. The first-order valence-corrected chi connectivity index (χ1v) is 17.1. The number of imide groups is 1. The van der Waals surface area contributed by atoms with Crippen molar-refractivity contribution in [3.05, 3.63) is 69.6 Å². The van der Waals surface area contributed by atoms with Crippen molar-refractivity contribution in [1.82, 2.24) is 14.5 Å². The highest BCUT2D eigenvalue weighted by Gasteiger charge is 2.31. The molecule has 2 atom stereocenters. The van der Waals surface area contributed by atoms with Crippen molar-refractivity contribution in [1.29, 1.82) is 0 Å². The molecular weight excluding hydrogens is 614 g/mol. The topological polar surface area (TPSA) is 170 Å². The van der Waals surface area contributed by atoms with Crippen LogP contribution in [0.3, 0.4) is 0 Å². The van der Waals surface area contributed by atoms with Crippen LogP contribution in [0.2, 0.25) is 0 Å². The highest BCUT2D eigenvalue weighted by Crippen LogP contribution is 2.25. The summed E-state index contributed by atoms with van der Waals surface area (Å²) in [6, 6.07) is 13.3. The van der Waals surface area contributed by atoms with E-state index in [4.69, 9.17) is 25.7 Å². The molecular formula is C36H51N5O7. The second-order valence-corrected chi connectivity index (χ2v) is 12.6.